The molecule has 0 aliphatic carbocycles. The molecule has 0 spiro atoms. The number of H-pyrrole nitrogens is 1. The molecule has 0 aliphatic heterocycles. The summed E-state index contributed by atoms with van der Waals surface area (Å²) in [6, 6.07) is 12.0. The fourth-order valence-corrected chi connectivity index (χ4v) is 2.92. The third-order valence-corrected chi connectivity index (χ3v) is 4.35. The predicted octanol–water partition coefficient (Wildman–Crippen LogP) is 2.46. The van der Waals surface area contributed by atoms with Crippen molar-refractivity contribution in [2.24, 2.45) is 0 Å². The Balaban J connectivity index is 1.61. The van der Waals surface area contributed by atoms with E-state index in [0.29, 0.717) is 34.9 Å². The van der Waals surface area contributed by atoms with Crippen LogP contribution in [0.3, 0.4) is 0 Å². The molecule has 0 saturated heterocycles. The number of nitrogens with zero attached hydrogens (tertiary/aromatic N) is 3. The quantitative estimate of drug-likeness (QED) is 0.512. The predicted molar refractivity (Wildman–Crippen MR) is 103 cm³/mol. The first-order valence-corrected chi connectivity index (χ1v) is 8.92. The molecule has 4 rings (SSSR count). The summed E-state index contributed by atoms with van der Waals surface area (Å²) in [4.78, 5) is 34.0. The topological polar surface area (TPSA) is 114 Å². The molecule has 4 aromatic rings. The first-order chi connectivity index (χ1) is 14.2. The zero-order valence-corrected chi connectivity index (χ0v) is 15.6. The molecule has 29 heavy (non-hydrogen) atoms. The van der Waals surface area contributed by atoms with Crippen LogP contribution in [-0.2, 0) is 11.3 Å². The maximum absolute atomic E-state index is 13.0. The fraction of sp³-hybridized carbons (Fsp3) is 0.200. The van der Waals surface area contributed by atoms with Gasteiger partial charge in [-0.3, -0.25) is 9.59 Å². The van der Waals surface area contributed by atoms with Crippen LogP contribution >= 0.6 is 0 Å². The normalized spacial score (nSPS) is 11.1. The second-order valence-corrected chi connectivity index (χ2v) is 6.30. The maximum Gasteiger partial charge on any atom is 0.276 e. The number of aromatic amines is 1. The number of hydrogen-bond acceptors (Lipinski definition) is 7. The Bertz CT molecular complexity index is 1180. The van der Waals surface area contributed by atoms with Crippen LogP contribution in [0.25, 0.3) is 22.4 Å². The molecule has 1 aromatic carbocycles. The monoisotopic (exact) mass is 394 g/mol. The van der Waals surface area contributed by atoms with Crippen LogP contribution in [0.15, 0.2) is 62.5 Å². The van der Waals surface area contributed by atoms with E-state index in [1.165, 1.54) is 17.2 Å². The molecule has 9 nitrogen and oxygen atoms in total. The van der Waals surface area contributed by atoms with Crippen LogP contribution in [0.2, 0.25) is 0 Å². The number of nitrogens with one attached hydrogen (secondary N) is 1. The van der Waals surface area contributed by atoms with Crippen molar-refractivity contribution in [1.29, 1.82) is 0 Å². The number of methoxy groups -OCH3 is 1. The molecule has 0 unspecified atom stereocenters. The van der Waals surface area contributed by atoms with Crippen molar-refractivity contribution in [1.82, 2.24) is 20.0 Å². The summed E-state index contributed by atoms with van der Waals surface area (Å²) < 4.78 is 15.6. The SMILES string of the molecule is COCCN(Cc1nc2ccccc2c(=O)[nH]1)C(=O)c1cc(-c2ccco2)on1. The smallest absolute Gasteiger partial charge is 0.276 e. The Morgan fingerprint density at radius 2 is 2.07 bits per heavy atom. The van der Waals surface area contributed by atoms with E-state index < -0.39 is 0 Å². The van der Waals surface area contributed by atoms with E-state index in [9.17, 15) is 9.59 Å². The van der Waals surface area contributed by atoms with Crippen molar-refractivity contribution in [3.63, 3.8) is 0 Å². The summed E-state index contributed by atoms with van der Waals surface area (Å²) in [6.07, 6.45) is 1.51. The van der Waals surface area contributed by atoms with Crippen molar-refractivity contribution < 1.29 is 18.5 Å². The van der Waals surface area contributed by atoms with Crippen molar-refractivity contribution in [3.05, 3.63) is 70.6 Å². The molecular weight excluding hydrogens is 376 g/mol. The van der Waals surface area contributed by atoms with Crippen molar-refractivity contribution in [2.75, 3.05) is 20.3 Å². The highest BCUT2D eigenvalue weighted by molar-refractivity contribution is 5.93. The molecule has 1 amide bonds. The van der Waals surface area contributed by atoms with E-state index in [1.807, 2.05) is 0 Å². The van der Waals surface area contributed by atoms with Crippen molar-refractivity contribution >= 4 is 16.8 Å². The van der Waals surface area contributed by atoms with Gasteiger partial charge in [0.05, 0.1) is 30.3 Å². The molecule has 9 heteroatoms. The highest BCUT2D eigenvalue weighted by atomic mass is 16.5. The van der Waals surface area contributed by atoms with Gasteiger partial charge in [0.25, 0.3) is 11.5 Å². The molecule has 3 aromatic heterocycles. The third-order valence-electron chi connectivity index (χ3n) is 4.35. The van der Waals surface area contributed by atoms with Gasteiger partial charge in [0, 0.05) is 19.7 Å². The molecule has 0 atom stereocenters. The lowest BCUT2D eigenvalue weighted by molar-refractivity contribution is 0.0665. The minimum atomic E-state index is -0.376. The maximum atomic E-state index is 13.0. The van der Waals surface area contributed by atoms with Crippen LogP contribution in [0, 0.1) is 0 Å². The third kappa shape index (κ3) is 3.94. The van der Waals surface area contributed by atoms with Crippen LogP contribution in [0.1, 0.15) is 16.3 Å². The first kappa shape index (κ1) is 18.6. The van der Waals surface area contributed by atoms with Gasteiger partial charge >= 0.3 is 0 Å². The van der Waals surface area contributed by atoms with Gasteiger partial charge in [-0.1, -0.05) is 17.3 Å². The van der Waals surface area contributed by atoms with Gasteiger partial charge in [0.2, 0.25) is 5.76 Å². The zero-order chi connectivity index (χ0) is 20.2. The lowest BCUT2D eigenvalue weighted by Crippen LogP contribution is -2.35. The Morgan fingerprint density at radius 3 is 2.86 bits per heavy atom. The molecule has 1 N–H and O–H groups in total. The largest absolute Gasteiger partial charge is 0.461 e. The van der Waals surface area contributed by atoms with Gasteiger partial charge in [0.15, 0.2) is 11.5 Å². The number of ether oxygens (including phenoxy) is 1. The average molecular weight is 394 g/mol. The van der Waals surface area contributed by atoms with E-state index >= 15 is 0 Å². The van der Waals surface area contributed by atoms with Crippen LogP contribution < -0.4 is 5.56 Å². The Morgan fingerprint density at radius 1 is 1.21 bits per heavy atom. The van der Waals surface area contributed by atoms with E-state index in [-0.39, 0.29) is 30.2 Å². The Hall–Kier alpha value is -3.72. The van der Waals surface area contributed by atoms with Gasteiger partial charge < -0.3 is 23.6 Å². The summed E-state index contributed by atoms with van der Waals surface area (Å²) >= 11 is 0. The number of carbonyl (C=O) groups excluding carboxylic acids is 1. The zero-order valence-electron chi connectivity index (χ0n) is 15.6. The van der Waals surface area contributed by atoms with Gasteiger partial charge in [0.1, 0.15) is 5.82 Å². The van der Waals surface area contributed by atoms with Gasteiger partial charge in [-0.25, -0.2) is 4.98 Å². The number of amides is 1. The van der Waals surface area contributed by atoms with E-state index in [0.717, 1.165) is 0 Å². The summed E-state index contributed by atoms with van der Waals surface area (Å²) in [5, 5.41) is 4.34. The Kier molecular flexibility index (Phi) is 5.21. The first-order valence-electron chi connectivity index (χ1n) is 8.92. The van der Waals surface area contributed by atoms with E-state index in [1.54, 1.807) is 43.5 Å². The van der Waals surface area contributed by atoms with Crippen LogP contribution in [0.5, 0.6) is 0 Å². The summed E-state index contributed by atoms with van der Waals surface area (Å²) in [6.45, 7) is 0.687. The molecule has 0 radical (unpaired) electrons. The van der Waals surface area contributed by atoms with Crippen LogP contribution in [0.4, 0.5) is 0 Å². The molecule has 0 bridgehead atoms. The standard InChI is InChI=1S/C20H18N4O5/c1-27-10-8-24(12-18-21-14-6-3-2-5-13(14)19(25)22-18)20(26)15-11-17(29-23-15)16-7-4-9-28-16/h2-7,9,11H,8,10,12H2,1H3,(H,21,22,25). The number of benzene rings is 1. The summed E-state index contributed by atoms with van der Waals surface area (Å²) in [7, 11) is 1.55. The number of rotatable bonds is 7. The number of carbonyl (C=O) groups is 1. The lowest BCUT2D eigenvalue weighted by atomic mass is 10.2. The number of hydrogen-bond donors (Lipinski definition) is 1. The van der Waals surface area contributed by atoms with Gasteiger partial charge in [-0.05, 0) is 24.3 Å². The molecular formula is C20H18N4O5. The van der Waals surface area contributed by atoms with Crippen molar-refractivity contribution in [3.8, 4) is 11.5 Å². The second kappa shape index (κ2) is 8.11. The van der Waals surface area contributed by atoms with E-state index in [4.69, 9.17) is 13.7 Å². The Labute approximate surface area is 164 Å². The number of aromatic nitrogens is 3. The molecule has 3 heterocycles. The highest BCUT2D eigenvalue weighted by Crippen LogP contribution is 2.21. The van der Waals surface area contributed by atoms with Gasteiger partial charge in [-0.2, -0.15) is 0 Å². The number of fused-ring (bicyclic) bond motifs is 1. The molecule has 0 saturated carbocycles. The minimum Gasteiger partial charge on any atom is -0.461 e. The molecule has 0 aliphatic rings. The minimum absolute atomic E-state index is 0.0885. The average Bonchev–Trinajstić information content (AvgIpc) is 3.42. The van der Waals surface area contributed by atoms with Crippen molar-refractivity contribution in [2.45, 2.75) is 6.54 Å². The number of furan rings is 1. The molecule has 148 valence electrons. The fourth-order valence-electron chi connectivity index (χ4n) is 2.92. The highest BCUT2D eigenvalue weighted by Gasteiger charge is 2.22. The molecule has 0 fully saturated rings. The van der Waals surface area contributed by atoms with Gasteiger partial charge in [-0.15, -0.1) is 0 Å². The summed E-state index contributed by atoms with van der Waals surface area (Å²) in [5.41, 5.74) is 0.425. The van der Waals surface area contributed by atoms with Crippen LogP contribution in [-0.4, -0.2) is 46.2 Å². The summed E-state index contributed by atoms with van der Waals surface area (Å²) in [5.74, 6) is 0.815. The lowest BCUT2D eigenvalue weighted by Gasteiger charge is -2.20. The second-order valence-electron chi connectivity index (χ2n) is 6.30. The van der Waals surface area contributed by atoms with E-state index in [2.05, 4.69) is 15.1 Å². The number of para-hydroxylation sites is 1.